The number of aromatic nitrogens is 1. The van der Waals surface area contributed by atoms with Crippen LogP contribution in [0.25, 0.3) is 38.6 Å². The molecule has 0 saturated heterocycles. The van der Waals surface area contributed by atoms with Crippen molar-refractivity contribution in [3.05, 3.63) is 150 Å². The molecule has 0 aliphatic carbocycles. The van der Waals surface area contributed by atoms with E-state index in [9.17, 15) is 13.9 Å². The summed E-state index contributed by atoms with van der Waals surface area (Å²) in [6, 6.07) is 39.2. The van der Waals surface area contributed by atoms with Crippen LogP contribution < -0.4 is 0 Å². The largest absolute Gasteiger partial charge is 2.00 e. The molecule has 0 saturated carbocycles. The Morgan fingerprint density at radius 2 is 1.37 bits per heavy atom. The van der Waals surface area contributed by atoms with Gasteiger partial charge in [-0.2, -0.15) is 35.9 Å². The van der Waals surface area contributed by atoms with Crippen molar-refractivity contribution >= 4 is 21.8 Å². The van der Waals surface area contributed by atoms with Gasteiger partial charge in [0.25, 0.3) is 0 Å². The van der Waals surface area contributed by atoms with E-state index in [0.717, 1.165) is 36.2 Å². The zero-order valence-corrected chi connectivity index (χ0v) is 28.6. The fraction of sp³-hybridized carbons (Fsp3) is 0.200. The van der Waals surface area contributed by atoms with E-state index in [1.165, 1.54) is 33.4 Å². The molecule has 1 aromatic heterocycles. The molecule has 0 radical (unpaired) electrons. The summed E-state index contributed by atoms with van der Waals surface area (Å²) in [6.07, 6.45) is 2.61. The average molecular weight is 797 g/mol. The SMILES string of the molecule is CC(O)=CC(O)C(C)(C)C.Fc1c[c-]c(-c2[c-]cc(CCc3ccc(-n4c5ccccc5c5ccccc54)cc3)cc2)c(F)c1.[Pt+2]. The van der Waals surface area contributed by atoms with E-state index in [0.29, 0.717) is 5.56 Å². The van der Waals surface area contributed by atoms with Crippen LogP contribution in [0.5, 0.6) is 0 Å². The quantitative estimate of drug-likeness (QED) is 0.130. The number of fused-ring (bicyclic) bond motifs is 3. The molecule has 2 N–H and O–H groups in total. The summed E-state index contributed by atoms with van der Waals surface area (Å²) in [4.78, 5) is 0. The summed E-state index contributed by atoms with van der Waals surface area (Å²) in [6.45, 7) is 7.29. The van der Waals surface area contributed by atoms with Crippen LogP contribution >= 0.6 is 0 Å². The Kier molecular flexibility index (Phi) is 11.4. The first kappa shape index (κ1) is 34.8. The van der Waals surface area contributed by atoms with Crippen LogP contribution in [0.15, 0.2) is 115 Å². The number of para-hydroxylation sites is 2. The van der Waals surface area contributed by atoms with E-state index in [1.807, 2.05) is 39.0 Å². The van der Waals surface area contributed by atoms with Crippen molar-refractivity contribution < 1.29 is 40.1 Å². The van der Waals surface area contributed by atoms with Gasteiger partial charge in [0.05, 0.1) is 22.9 Å². The molecule has 0 fully saturated rings. The Morgan fingerprint density at radius 3 is 1.87 bits per heavy atom. The van der Waals surface area contributed by atoms with Crippen LogP contribution in [0.4, 0.5) is 8.78 Å². The third-order valence-electron chi connectivity index (χ3n) is 7.77. The first-order chi connectivity index (χ1) is 21.5. The van der Waals surface area contributed by atoms with E-state index < -0.39 is 17.7 Å². The third-order valence-corrected chi connectivity index (χ3v) is 7.77. The molecule has 5 aromatic carbocycles. The molecule has 238 valence electrons. The number of aliphatic hydroxyl groups is 2. The van der Waals surface area contributed by atoms with Crippen molar-refractivity contribution in [1.82, 2.24) is 4.57 Å². The predicted octanol–water partition coefficient (Wildman–Crippen LogP) is 9.97. The van der Waals surface area contributed by atoms with Gasteiger partial charge < -0.3 is 14.8 Å². The molecule has 0 amide bonds. The maximum absolute atomic E-state index is 14.0. The fourth-order valence-corrected chi connectivity index (χ4v) is 5.20. The summed E-state index contributed by atoms with van der Waals surface area (Å²) in [5, 5.41) is 20.6. The van der Waals surface area contributed by atoms with E-state index in [4.69, 9.17) is 5.11 Å². The summed E-state index contributed by atoms with van der Waals surface area (Å²) >= 11 is 0. The first-order valence-electron chi connectivity index (χ1n) is 15.0. The Labute approximate surface area is 284 Å². The first-order valence-corrected chi connectivity index (χ1v) is 15.0. The van der Waals surface area contributed by atoms with Crippen LogP contribution in [0, 0.1) is 29.2 Å². The molecule has 6 rings (SSSR count). The number of nitrogens with zero attached hydrogens (tertiary/aromatic N) is 1. The van der Waals surface area contributed by atoms with Gasteiger partial charge in [-0.3, -0.25) is 8.78 Å². The van der Waals surface area contributed by atoms with Gasteiger partial charge in [-0.15, -0.1) is 11.6 Å². The zero-order valence-electron chi connectivity index (χ0n) is 26.3. The standard InChI is InChI=1S/C32H21F2N.C8H16O2.Pt/c33-25-17-20-27(30(34)21-25)24-15-11-22(12-16-24)9-10-23-13-18-26(19-14-23)35-31-7-3-1-5-28(31)29-6-2-4-8-32(29)35;1-6(9)5-7(10)8(2,3)4;/h1-8,11-15,17-19,21H,9-10H2;5,7,9-10H,1-4H3;/q-2;;+2. The maximum Gasteiger partial charge on any atom is 2.00 e. The number of allylic oxidation sites excluding steroid dienone is 1. The predicted molar refractivity (Wildman–Crippen MR) is 180 cm³/mol. The van der Waals surface area contributed by atoms with Gasteiger partial charge in [-0.1, -0.05) is 81.8 Å². The molecule has 0 aliphatic rings. The second-order valence-electron chi connectivity index (χ2n) is 12.3. The zero-order chi connectivity index (χ0) is 32.1. The molecule has 0 aliphatic heterocycles. The Bertz CT molecular complexity index is 1880. The molecular formula is C40H37F2NO2Pt. The van der Waals surface area contributed by atoms with Crippen molar-refractivity contribution in [3.8, 4) is 16.8 Å². The van der Waals surface area contributed by atoms with E-state index in [1.54, 1.807) is 6.92 Å². The molecular weight excluding hydrogens is 760 g/mol. The average Bonchev–Trinajstić information content (AvgIpc) is 3.35. The Balaban J connectivity index is 0.000000381. The molecule has 6 aromatic rings. The minimum absolute atomic E-state index is 0. The van der Waals surface area contributed by atoms with Crippen molar-refractivity contribution in [3.63, 3.8) is 0 Å². The van der Waals surface area contributed by atoms with Gasteiger partial charge in [0.1, 0.15) is 0 Å². The minimum Gasteiger partial charge on any atom is -0.513 e. The minimum atomic E-state index is -0.632. The van der Waals surface area contributed by atoms with Crippen molar-refractivity contribution in [1.29, 1.82) is 0 Å². The van der Waals surface area contributed by atoms with Gasteiger partial charge in [0, 0.05) is 22.3 Å². The third kappa shape index (κ3) is 8.20. The molecule has 1 heterocycles. The fourth-order valence-electron chi connectivity index (χ4n) is 5.20. The second kappa shape index (κ2) is 15.0. The Hall–Kier alpha value is -4.05. The van der Waals surface area contributed by atoms with Crippen LogP contribution in [0.3, 0.4) is 0 Å². The number of benzene rings is 5. The van der Waals surface area contributed by atoms with E-state index in [-0.39, 0.29) is 37.8 Å². The smallest absolute Gasteiger partial charge is 0.513 e. The number of hydrogen-bond donors (Lipinski definition) is 2. The normalized spacial score (nSPS) is 12.4. The van der Waals surface area contributed by atoms with Crippen molar-refractivity contribution in [2.24, 2.45) is 5.41 Å². The molecule has 1 atom stereocenters. The number of rotatable bonds is 6. The molecule has 46 heavy (non-hydrogen) atoms. The van der Waals surface area contributed by atoms with Gasteiger partial charge in [-0.25, -0.2) is 5.56 Å². The molecule has 1 unspecified atom stereocenters. The van der Waals surface area contributed by atoms with Crippen LogP contribution in [0.1, 0.15) is 38.8 Å². The van der Waals surface area contributed by atoms with Crippen molar-refractivity contribution in [2.75, 3.05) is 0 Å². The number of aliphatic hydroxyl groups excluding tert-OH is 2. The molecule has 0 spiro atoms. The van der Waals surface area contributed by atoms with Gasteiger partial charge in [0.2, 0.25) is 0 Å². The monoisotopic (exact) mass is 796 g/mol. The van der Waals surface area contributed by atoms with Crippen LogP contribution in [-0.4, -0.2) is 20.9 Å². The summed E-state index contributed by atoms with van der Waals surface area (Å²) in [7, 11) is 0. The topological polar surface area (TPSA) is 45.4 Å². The number of hydrogen-bond acceptors (Lipinski definition) is 2. The number of halogens is 2. The molecule has 6 heteroatoms. The summed E-state index contributed by atoms with van der Waals surface area (Å²) < 4.78 is 29.5. The van der Waals surface area contributed by atoms with Crippen LogP contribution in [-0.2, 0) is 33.9 Å². The van der Waals surface area contributed by atoms with E-state index >= 15 is 0 Å². The summed E-state index contributed by atoms with van der Waals surface area (Å²) in [5.41, 5.74) is 6.52. The number of aryl methyl sites for hydroxylation is 2. The van der Waals surface area contributed by atoms with E-state index in [2.05, 4.69) is 89.5 Å². The Morgan fingerprint density at radius 1 is 0.804 bits per heavy atom. The van der Waals surface area contributed by atoms with Gasteiger partial charge in [0.15, 0.2) is 0 Å². The maximum atomic E-state index is 14.0. The molecule has 3 nitrogen and oxygen atoms in total. The molecule has 0 bridgehead atoms. The van der Waals surface area contributed by atoms with Gasteiger partial charge >= 0.3 is 21.1 Å². The van der Waals surface area contributed by atoms with Gasteiger partial charge in [-0.05, 0) is 60.5 Å². The van der Waals surface area contributed by atoms with Crippen LogP contribution in [0.2, 0.25) is 0 Å². The van der Waals surface area contributed by atoms with Crippen molar-refractivity contribution in [2.45, 2.75) is 46.6 Å². The second-order valence-corrected chi connectivity index (χ2v) is 12.3. The summed E-state index contributed by atoms with van der Waals surface area (Å²) in [5.74, 6) is -1.09.